The lowest BCUT2D eigenvalue weighted by Gasteiger charge is -1.89. The van der Waals surface area contributed by atoms with E-state index in [2.05, 4.69) is 10.1 Å². The fourth-order valence-electron chi connectivity index (χ4n) is 1.01. The van der Waals surface area contributed by atoms with E-state index in [9.17, 15) is 0 Å². The first-order valence-electron chi connectivity index (χ1n) is 3.58. The summed E-state index contributed by atoms with van der Waals surface area (Å²) < 4.78 is 6.83. The van der Waals surface area contributed by atoms with Gasteiger partial charge in [-0.3, -0.25) is 0 Å². The highest BCUT2D eigenvalue weighted by Gasteiger charge is 2.05. The van der Waals surface area contributed by atoms with Crippen molar-refractivity contribution in [3.63, 3.8) is 0 Å². The standard InChI is InChI=1S/C8H8N3O.HI/c1-11-4-2-3-7(5-11)8-9-6-10-12-8;/h2-6H,1H3;1H/q+1;/p-1. The second kappa shape index (κ2) is 4.31. The molecule has 0 aliphatic heterocycles. The third-order valence-electron chi connectivity index (χ3n) is 1.55. The minimum Gasteiger partial charge on any atom is -1.00 e. The average molecular weight is 289 g/mol. The van der Waals surface area contributed by atoms with Gasteiger partial charge in [0.25, 0.3) is 5.89 Å². The third kappa shape index (κ3) is 2.24. The molecule has 13 heavy (non-hydrogen) atoms. The van der Waals surface area contributed by atoms with E-state index in [4.69, 9.17) is 4.52 Å². The number of rotatable bonds is 1. The zero-order valence-electron chi connectivity index (χ0n) is 7.01. The molecule has 0 radical (unpaired) electrons. The molecular weight excluding hydrogens is 281 g/mol. The zero-order chi connectivity index (χ0) is 8.39. The molecule has 0 amide bonds. The van der Waals surface area contributed by atoms with Crippen LogP contribution in [-0.4, -0.2) is 10.1 Å². The van der Waals surface area contributed by atoms with Gasteiger partial charge in [-0.2, -0.15) is 4.98 Å². The van der Waals surface area contributed by atoms with E-state index in [0.717, 1.165) is 5.56 Å². The van der Waals surface area contributed by atoms with Gasteiger partial charge in [0.05, 0.1) is 0 Å². The van der Waals surface area contributed by atoms with Gasteiger partial charge < -0.3 is 28.5 Å². The van der Waals surface area contributed by atoms with Gasteiger partial charge in [-0.1, -0.05) is 5.16 Å². The van der Waals surface area contributed by atoms with Crippen molar-refractivity contribution in [2.45, 2.75) is 0 Å². The van der Waals surface area contributed by atoms with Crippen LogP contribution in [0.4, 0.5) is 0 Å². The van der Waals surface area contributed by atoms with E-state index >= 15 is 0 Å². The highest BCUT2D eigenvalue weighted by molar-refractivity contribution is 5.48. The quantitative estimate of drug-likeness (QED) is 0.433. The number of pyridine rings is 1. The fourth-order valence-corrected chi connectivity index (χ4v) is 1.01. The highest BCUT2D eigenvalue weighted by atomic mass is 127. The Hall–Kier alpha value is -0.980. The maximum Gasteiger partial charge on any atom is 0.263 e. The molecule has 0 aromatic carbocycles. The maximum atomic E-state index is 4.90. The second-order valence-electron chi connectivity index (χ2n) is 2.50. The summed E-state index contributed by atoms with van der Waals surface area (Å²) in [5.74, 6) is 0.547. The summed E-state index contributed by atoms with van der Waals surface area (Å²) in [7, 11) is 1.94. The maximum absolute atomic E-state index is 4.90. The molecule has 0 spiro atoms. The van der Waals surface area contributed by atoms with Crippen LogP contribution >= 0.6 is 0 Å². The van der Waals surface area contributed by atoms with Crippen molar-refractivity contribution < 1.29 is 33.1 Å². The number of hydrogen-bond donors (Lipinski definition) is 0. The van der Waals surface area contributed by atoms with Gasteiger partial charge >= 0.3 is 0 Å². The van der Waals surface area contributed by atoms with Gasteiger partial charge in [-0.15, -0.1) is 0 Å². The lowest BCUT2D eigenvalue weighted by atomic mass is 10.3. The molecule has 5 heteroatoms. The Balaban J connectivity index is 0.000000845. The van der Waals surface area contributed by atoms with E-state index in [1.165, 1.54) is 6.33 Å². The summed E-state index contributed by atoms with van der Waals surface area (Å²) >= 11 is 0. The molecular formula is C8H8IN3O. The van der Waals surface area contributed by atoms with E-state index in [1.54, 1.807) is 0 Å². The van der Waals surface area contributed by atoms with Gasteiger partial charge in [-0.05, 0) is 6.07 Å². The van der Waals surface area contributed by atoms with E-state index < -0.39 is 0 Å². The molecule has 4 nitrogen and oxygen atoms in total. The number of hydrogen-bond acceptors (Lipinski definition) is 3. The number of aromatic nitrogens is 3. The van der Waals surface area contributed by atoms with Gasteiger partial charge in [0.1, 0.15) is 12.6 Å². The van der Waals surface area contributed by atoms with Crippen LogP contribution < -0.4 is 28.5 Å². The molecule has 68 valence electrons. The molecule has 0 aliphatic carbocycles. The largest absolute Gasteiger partial charge is 1.00 e. The van der Waals surface area contributed by atoms with Crippen molar-refractivity contribution >= 4 is 0 Å². The Morgan fingerprint density at radius 3 is 2.92 bits per heavy atom. The van der Waals surface area contributed by atoms with Gasteiger partial charge in [0.2, 0.25) is 0 Å². The molecule has 0 N–H and O–H groups in total. The first kappa shape index (κ1) is 10.1. The summed E-state index contributed by atoms with van der Waals surface area (Å²) in [6.07, 6.45) is 5.26. The number of aryl methyl sites for hydroxylation is 1. The summed E-state index contributed by atoms with van der Waals surface area (Å²) in [5.41, 5.74) is 0.928. The summed E-state index contributed by atoms with van der Waals surface area (Å²) in [6.45, 7) is 0. The smallest absolute Gasteiger partial charge is 0.263 e. The molecule has 0 aliphatic rings. The minimum absolute atomic E-state index is 0. The molecule has 0 fully saturated rings. The van der Waals surface area contributed by atoms with Crippen molar-refractivity contribution in [3.05, 3.63) is 30.9 Å². The van der Waals surface area contributed by atoms with Crippen LogP contribution in [0.5, 0.6) is 0 Å². The lowest BCUT2D eigenvalue weighted by Crippen LogP contribution is -3.00. The Kier molecular flexibility index (Phi) is 3.35. The van der Waals surface area contributed by atoms with Crippen molar-refractivity contribution in [3.8, 4) is 11.5 Å². The average Bonchev–Trinajstić information content (AvgIpc) is 2.56. The first-order valence-corrected chi connectivity index (χ1v) is 3.58. The Bertz CT molecular complexity index is 375. The zero-order valence-corrected chi connectivity index (χ0v) is 9.17. The molecule has 0 unspecified atom stereocenters. The van der Waals surface area contributed by atoms with Crippen molar-refractivity contribution in [1.82, 2.24) is 10.1 Å². The van der Waals surface area contributed by atoms with Crippen LogP contribution in [0.2, 0.25) is 0 Å². The van der Waals surface area contributed by atoms with Gasteiger partial charge in [0.15, 0.2) is 18.7 Å². The molecule has 0 atom stereocenters. The number of halogens is 1. The predicted molar refractivity (Wildman–Crippen MR) is 40.9 cm³/mol. The summed E-state index contributed by atoms with van der Waals surface area (Å²) in [5, 5.41) is 3.53. The Morgan fingerprint density at radius 1 is 1.46 bits per heavy atom. The molecule has 0 saturated heterocycles. The van der Waals surface area contributed by atoms with Crippen LogP contribution in [0.15, 0.2) is 35.4 Å². The summed E-state index contributed by atoms with van der Waals surface area (Å²) in [4.78, 5) is 3.94. The van der Waals surface area contributed by atoms with E-state index in [-0.39, 0.29) is 24.0 Å². The molecule has 2 aromatic rings. The van der Waals surface area contributed by atoms with Crippen LogP contribution in [0.3, 0.4) is 0 Å². The molecule has 2 aromatic heterocycles. The Labute approximate surface area is 92.6 Å². The van der Waals surface area contributed by atoms with Gasteiger partial charge in [-0.25, -0.2) is 4.57 Å². The number of nitrogens with zero attached hydrogens (tertiary/aromatic N) is 3. The molecule has 2 rings (SSSR count). The van der Waals surface area contributed by atoms with Gasteiger partial charge in [0, 0.05) is 6.07 Å². The monoisotopic (exact) mass is 289 g/mol. The summed E-state index contributed by atoms with van der Waals surface area (Å²) in [6, 6.07) is 3.85. The SMILES string of the molecule is C[n+]1cccc(-c2ncno2)c1.[I-]. The molecule has 0 bridgehead atoms. The Morgan fingerprint density at radius 2 is 2.31 bits per heavy atom. The first-order chi connectivity index (χ1) is 5.86. The molecule has 2 heterocycles. The topological polar surface area (TPSA) is 42.8 Å². The van der Waals surface area contributed by atoms with Crippen LogP contribution in [-0.2, 0) is 7.05 Å². The fraction of sp³-hybridized carbons (Fsp3) is 0.125. The van der Waals surface area contributed by atoms with Crippen LogP contribution in [0.25, 0.3) is 11.5 Å². The lowest BCUT2D eigenvalue weighted by molar-refractivity contribution is -0.671. The van der Waals surface area contributed by atoms with Crippen LogP contribution in [0.1, 0.15) is 0 Å². The molecule has 0 saturated carbocycles. The predicted octanol–water partition coefficient (Wildman–Crippen LogP) is -2.43. The van der Waals surface area contributed by atoms with E-state index in [1.807, 2.05) is 36.1 Å². The minimum atomic E-state index is 0. The van der Waals surface area contributed by atoms with Crippen molar-refractivity contribution in [2.75, 3.05) is 0 Å². The van der Waals surface area contributed by atoms with Crippen molar-refractivity contribution in [2.24, 2.45) is 7.05 Å². The normalized spacial score (nSPS) is 9.31. The van der Waals surface area contributed by atoms with Crippen molar-refractivity contribution in [1.29, 1.82) is 0 Å². The highest BCUT2D eigenvalue weighted by Crippen LogP contribution is 2.11. The van der Waals surface area contributed by atoms with E-state index in [0.29, 0.717) is 5.89 Å². The van der Waals surface area contributed by atoms with Crippen LogP contribution in [0, 0.1) is 0 Å². The second-order valence-corrected chi connectivity index (χ2v) is 2.50. The third-order valence-corrected chi connectivity index (χ3v) is 1.55.